The number of hydrogen-bond acceptors (Lipinski definition) is 3. The van der Waals surface area contributed by atoms with E-state index in [1.54, 1.807) is 0 Å². The first-order valence-corrected chi connectivity index (χ1v) is 10.2. The first kappa shape index (κ1) is 18.9. The lowest BCUT2D eigenvalue weighted by Crippen LogP contribution is -2.52. The molecule has 3 rings (SSSR count). The Labute approximate surface area is 157 Å². The van der Waals surface area contributed by atoms with Gasteiger partial charge in [-0.1, -0.05) is 49.6 Å². The van der Waals surface area contributed by atoms with E-state index in [2.05, 4.69) is 46.6 Å². The van der Waals surface area contributed by atoms with E-state index in [4.69, 9.17) is 0 Å². The standard InChI is InChI=1S/C22H31N3O/c23-18-22(13-5-2-6-14-22)24-21(26)17-25-15-11-20(12-16-25)10-9-19-7-3-1-4-8-19/h1,3-4,7-8,20H,2,5-6,9-17H2,(H,24,26). The van der Waals surface area contributed by atoms with Crippen LogP contribution in [0.25, 0.3) is 0 Å². The summed E-state index contributed by atoms with van der Waals surface area (Å²) in [6.07, 6.45) is 9.59. The van der Waals surface area contributed by atoms with Gasteiger partial charge in [0.05, 0.1) is 12.6 Å². The highest BCUT2D eigenvalue weighted by Crippen LogP contribution is 2.27. The van der Waals surface area contributed by atoms with Gasteiger partial charge in [-0.3, -0.25) is 9.69 Å². The minimum atomic E-state index is -0.608. The van der Waals surface area contributed by atoms with Gasteiger partial charge in [-0.15, -0.1) is 0 Å². The van der Waals surface area contributed by atoms with E-state index in [9.17, 15) is 10.1 Å². The molecule has 0 spiro atoms. The Balaban J connectivity index is 1.38. The van der Waals surface area contributed by atoms with Crippen LogP contribution in [-0.4, -0.2) is 36.0 Å². The Morgan fingerprint density at radius 3 is 2.50 bits per heavy atom. The number of carbonyl (C=O) groups is 1. The summed E-state index contributed by atoms with van der Waals surface area (Å²) < 4.78 is 0. The zero-order valence-corrected chi connectivity index (χ0v) is 15.8. The molecule has 4 nitrogen and oxygen atoms in total. The van der Waals surface area contributed by atoms with Gasteiger partial charge in [-0.25, -0.2) is 0 Å². The van der Waals surface area contributed by atoms with Gasteiger partial charge >= 0.3 is 0 Å². The highest BCUT2D eigenvalue weighted by molar-refractivity contribution is 5.79. The van der Waals surface area contributed by atoms with Crippen molar-refractivity contribution in [3.63, 3.8) is 0 Å². The molecule has 1 saturated heterocycles. The number of benzene rings is 1. The first-order valence-electron chi connectivity index (χ1n) is 10.2. The lowest BCUT2D eigenvalue weighted by molar-refractivity contribution is -0.124. The third-order valence-corrected chi connectivity index (χ3v) is 6.06. The minimum Gasteiger partial charge on any atom is -0.337 e. The molecule has 4 heteroatoms. The van der Waals surface area contributed by atoms with Crippen molar-refractivity contribution in [1.29, 1.82) is 5.26 Å². The SMILES string of the molecule is N#CC1(NC(=O)CN2CCC(CCc3ccccc3)CC2)CCCCC1. The Bertz CT molecular complexity index is 608. The largest absolute Gasteiger partial charge is 0.337 e. The number of amides is 1. The summed E-state index contributed by atoms with van der Waals surface area (Å²) in [6.45, 7) is 2.42. The van der Waals surface area contributed by atoms with Gasteiger partial charge in [0, 0.05) is 0 Å². The molecule has 0 bridgehead atoms. The van der Waals surface area contributed by atoms with Gasteiger partial charge in [-0.05, 0) is 63.1 Å². The summed E-state index contributed by atoms with van der Waals surface area (Å²) in [7, 11) is 0. The molecule has 1 aromatic rings. The van der Waals surface area contributed by atoms with Gasteiger partial charge in [-0.2, -0.15) is 5.26 Å². The summed E-state index contributed by atoms with van der Waals surface area (Å²) in [5, 5.41) is 12.6. The maximum Gasteiger partial charge on any atom is 0.235 e. The average molecular weight is 354 g/mol. The van der Waals surface area contributed by atoms with Crippen LogP contribution in [0.1, 0.15) is 56.9 Å². The normalized spacial score (nSPS) is 21.0. The van der Waals surface area contributed by atoms with Crippen LogP contribution in [0.3, 0.4) is 0 Å². The summed E-state index contributed by atoms with van der Waals surface area (Å²) in [6, 6.07) is 13.1. The maximum atomic E-state index is 12.4. The number of rotatable bonds is 6. The van der Waals surface area contributed by atoms with Crippen molar-refractivity contribution in [2.45, 2.75) is 63.3 Å². The van der Waals surface area contributed by atoms with Crippen LogP contribution in [0, 0.1) is 17.2 Å². The van der Waals surface area contributed by atoms with Crippen LogP contribution in [0.4, 0.5) is 0 Å². The molecule has 1 N–H and O–H groups in total. The summed E-state index contributed by atoms with van der Waals surface area (Å²) in [5.41, 5.74) is 0.812. The average Bonchev–Trinajstić information content (AvgIpc) is 2.69. The number of hydrogen-bond donors (Lipinski definition) is 1. The Kier molecular flexibility index (Phi) is 6.68. The fourth-order valence-electron chi connectivity index (χ4n) is 4.38. The van der Waals surface area contributed by atoms with Crippen molar-refractivity contribution in [1.82, 2.24) is 10.2 Å². The number of nitriles is 1. The molecule has 0 radical (unpaired) electrons. The second-order valence-corrected chi connectivity index (χ2v) is 8.05. The molecule has 1 saturated carbocycles. The Morgan fingerprint density at radius 2 is 1.85 bits per heavy atom. The number of nitrogens with one attached hydrogen (secondary N) is 1. The van der Waals surface area contributed by atoms with Crippen molar-refractivity contribution < 1.29 is 4.79 Å². The van der Waals surface area contributed by atoms with E-state index in [0.29, 0.717) is 6.54 Å². The van der Waals surface area contributed by atoms with Crippen molar-refractivity contribution in [2.24, 2.45) is 5.92 Å². The lowest BCUT2D eigenvalue weighted by Gasteiger charge is -2.34. The zero-order chi connectivity index (χ0) is 18.2. The third-order valence-electron chi connectivity index (χ3n) is 6.06. The molecule has 1 aliphatic carbocycles. The molecule has 0 unspecified atom stereocenters. The van der Waals surface area contributed by atoms with Crippen LogP contribution >= 0.6 is 0 Å². The molecule has 26 heavy (non-hydrogen) atoms. The van der Waals surface area contributed by atoms with E-state index < -0.39 is 5.54 Å². The predicted octanol–water partition coefficient (Wildman–Crippen LogP) is 3.67. The predicted molar refractivity (Wildman–Crippen MR) is 103 cm³/mol. The number of carbonyl (C=O) groups excluding carboxylic acids is 1. The van der Waals surface area contributed by atoms with Crippen LogP contribution in [-0.2, 0) is 11.2 Å². The highest BCUT2D eigenvalue weighted by Gasteiger charge is 2.34. The summed E-state index contributed by atoms with van der Waals surface area (Å²) >= 11 is 0. The van der Waals surface area contributed by atoms with Crippen LogP contribution in [0.15, 0.2) is 30.3 Å². The molecular weight excluding hydrogens is 322 g/mol. The monoisotopic (exact) mass is 353 g/mol. The van der Waals surface area contributed by atoms with Gasteiger partial charge in [0.25, 0.3) is 0 Å². The Hall–Kier alpha value is -1.86. The number of likely N-dealkylation sites (tertiary alicyclic amines) is 1. The molecule has 1 heterocycles. The molecule has 1 aromatic carbocycles. The second kappa shape index (κ2) is 9.19. The minimum absolute atomic E-state index is 0.0242. The molecule has 2 aliphatic rings. The van der Waals surface area contributed by atoms with Gasteiger partial charge < -0.3 is 5.32 Å². The second-order valence-electron chi connectivity index (χ2n) is 8.05. The van der Waals surface area contributed by atoms with Crippen LogP contribution < -0.4 is 5.32 Å². The van der Waals surface area contributed by atoms with Crippen molar-refractivity contribution >= 4 is 5.91 Å². The zero-order valence-electron chi connectivity index (χ0n) is 15.8. The maximum absolute atomic E-state index is 12.4. The summed E-state index contributed by atoms with van der Waals surface area (Å²) in [4.78, 5) is 14.7. The molecule has 0 aromatic heterocycles. The van der Waals surface area contributed by atoms with E-state index in [0.717, 1.165) is 51.1 Å². The van der Waals surface area contributed by atoms with E-state index in [1.807, 2.05) is 0 Å². The van der Waals surface area contributed by atoms with Crippen molar-refractivity contribution in [3.8, 4) is 6.07 Å². The fourth-order valence-corrected chi connectivity index (χ4v) is 4.38. The number of nitrogens with zero attached hydrogens (tertiary/aromatic N) is 2. The molecule has 0 atom stereocenters. The third kappa shape index (κ3) is 5.32. The molecule has 1 aliphatic heterocycles. The van der Waals surface area contributed by atoms with Crippen molar-refractivity contribution in [2.75, 3.05) is 19.6 Å². The smallest absolute Gasteiger partial charge is 0.235 e. The highest BCUT2D eigenvalue weighted by atomic mass is 16.2. The van der Waals surface area contributed by atoms with Crippen molar-refractivity contribution in [3.05, 3.63) is 35.9 Å². The van der Waals surface area contributed by atoms with Crippen LogP contribution in [0.2, 0.25) is 0 Å². The lowest BCUT2D eigenvalue weighted by atomic mass is 9.83. The summed E-state index contributed by atoms with van der Waals surface area (Å²) in [5.74, 6) is 0.787. The molecular formula is C22H31N3O. The molecule has 2 fully saturated rings. The quantitative estimate of drug-likeness (QED) is 0.849. The van der Waals surface area contributed by atoms with Crippen LogP contribution in [0.5, 0.6) is 0 Å². The van der Waals surface area contributed by atoms with Gasteiger partial charge in [0.1, 0.15) is 5.54 Å². The number of piperidine rings is 1. The molecule has 1 amide bonds. The van der Waals surface area contributed by atoms with Gasteiger partial charge in [0.15, 0.2) is 0 Å². The topological polar surface area (TPSA) is 56.1 Å². The van der Waals surface area contributed by atoms with E-state index in [1.165, 1.54) is 31.2 Å². The van der Waals surface area contributed by atoms with E-state index >= 15 is 0 Å². The first-order chi connectivity index (χ1) is 12.7. The van der Waals surface area contributed by atoms with Gasteiger partial charge in [0.2, 0.25) is 5.91 Å². The number of aryl methyl sites for hydroxylation is 1. The molecule has 140 valence electrons. The Morgan fingerprint density at radius 1 is 1.15 bits per heavy atom. The fraction of sp³-hybridized carbons (Fsp3) is 0.636. The van der Waals surface area contributed by atoms with E-state index in [-0.39, 0.29) is 5.91 Å².